The summed E-state index contributed by atoms with van der Waals surface area (Å²) in [6, 6.07) is 11.8. The maximum Gasteiger partial charge on any atom is 0.337 e. The molecule has 1 fully saturated rings. The van der Waals surface area contributed by atoms with E-state index in [9.17, 15) is 9.18 Å². The molecule has 1 aliphatic heterocycles. The van der Waals surface area contributed by atoms with Crippen LogP contribution >= 0.6 is 0 Å². The molecule has 0 bridgehead atoms. The Morgan fingerprint density at radius 2 is 1.90 bits per heavy atom. The van der Waals surface area contributed by atoms with E-state index in [2.05, 4.69) is 27.8 Å². The first-order chi connectivity index (χ1) is 14.8. The highest BCUT2D eigenvalue weighted by Gasteiger charge is 2.26. The van der Waals surface area contributed by atoms with Gasteiger partial charge in [0.1, 0.15) is 11.3 Å². The summed E-state index contributed by atoms with van der Waals surface area (Å²) < 4.78 is 20.8. The van der Waals surface area contributed by atoms with Crippen LogP contribution in [-0.2, 0) is 11.3 Å². The highest BCUT2D eigenvalue weighted by Crippen LogP contribution is 2.30. The van der Waals surface area contributed by atoms with Gasteiger partial charge in [0.15, 0.2) is 0 Å². The molecule has 4 rings (SSSR count). The topological polar surface area (TPSA) is 47.4 Å². The molecule has 1 aliphatic rings. The molecule has 0 spiro atoms. The Kier molecular flexibility index (Phi) is 6.10. The predicted octanol–water partition coefficient (Wildman–Crippen LogP) is 4.80. The van der Waals surface area contributed by atoms with Crippen molar-refractivity contribution in [1.82, 2.24) is 14.5 Å². The van der Waals surface area contributed by atoms with Crippen LogP contribution in [0.4, 0.5) is 4.39 Å². The Hall–Kier alpha value is -2.73. The van der Waals surface area contributed by atoms with E-state index in [-0.39, 0.29) is 5.97 Å². The monoisotopic (exact) mass is 423 g/mol. The van der Waals surface area contributed by atoms with Gasteiger partial charge < -0.3 is 14.2 Å². The molecule has 31 heavy (non-hydrogen) atoms. The lowest BCUT2D eigenvalue weighted by Gasteiger charge is -2.34. The van der Waals surface area contributed by atoms with Crippen molar-refractivity contribution < 1.29 is 13.9 Å². The number of nitrogens with zero attached hydrogens (tertiary/aromatic N) is 3. The van der Waals surface area contributed by atoms with Gasteiger partial charge in [-0.05, 0) is 81.1 Å². The average molecular weight is 424 g/mol. The van der Waals surface area contributed by atoms with Crippen molar-refractivity contribution in [2.45, 2.75) is 44.8 Å². The minimum absolute atomic E-state index is 0.327. The van der Waals surface area contributed by atoms with Gasteiger partial charge in [-0.2, -0.15) is 0 Å². The normalized spacial score (nSPS) is 16.0. The lowest BCUT2D eigenvalue weighted by atomic mass is 9.89. The summed E-state index contributed by atoms with van der Waals surface area (Å²) in [5.41, 5.74) is 2.73. The summed E-state index contributed by atoms with van der Waals surface area (Å²) in [6.45, 7) is 6.34. The van der Waals surface area contributed by atoms with Crippen LogP contribution in [0.1, 0.15) is 54.1 Å². The van der Waals surface area contributed by atoms with Crippen LogP contribution in [0.25, 0.3) is 11.0 Å². The molecule has 0 saturated carbocycles. The summed E-state index contributed by atoms with van der Waals surface area (Å²) in [5.74, 6) is 0.150. The number of carbonyl (C=O) groups excluding carboxylic acids is 1. The molecule has 5 nitrogen and oxygen atoms in total. The van der Waals surface area contributed by atoms with Crippen molar-refractivity contribution in [2.24, 2.45) is 0 Å². The fourth-order valence-corrected chi connectivity index (χ4v) is 4.46. The molecule has 2 aromatic heterocycles. The SMILES string of the molecule is COC(=O)c1ccc(Cn2ccc3cc(C4CCN(CC(C)(C)F)CC4)cnc32)cc1. The van der Waals surface area contributed by atoms with Crippen molar-refractivity contribution in [2.75, 3.05) is 26.7 Å². The van der Waals surface area contributed by atoms with Crippen LogP contribution in [0.5, 0.6) is 0 Å². The van der Waals surface area contributed by atoms with E-state index in [1.165, 1.54) is 12.7 Å². The predicted molar refractivity (Wildman–Crippen MR) is 120 cm³/mol. The molecule has 0 aliphatic carbocycles. The Balaban J connectivity index is 1.43. The second kappa shape index (κ2) is 8.79. The van der Waals surface area contributed by atoms with E-state index in [0.717, 1.165) is 42.5 Å². The smallest absolute Gasteiger partial charge is 0.337 e. The standard InChI is InChI=1S/C25H30FN3O2/c1-25(2,26)17-28-11-8-19(9-12-28)22-14-21-10-13-29(23(21)27-15-22)16-18-4-6-20(7-5-18)24(30)31-3/h4-7,10,13-15,19H,8-9,11-12,16-17H2,1-3H3. The summed E-state index contributed by atoms with van der Waals surface area (Å²) >= 11 is 0. The number of benzene rings is 1. The second-order valence-corrected chi connectivity index (χ2v) is 9.08. The van der Waals surface area contributed by atoms with Crippen LogP contribution in [-0.4, -0.2) is 52.8 Å². The lowest BCUT2D eigenvalue weighted by Crippen LogP contribution is -2.40. The summed E-state index contributed by atoms with van der Waals surface area (Å²) in [7, 11) is 1.39. The van der Waals surface area contributed by atoms with Crippen molar-refractivity contribution >= 4 is 17.0 Å². The molecular weight excluding hydrogens is 393 g/mol. The van der Waals surface area contributed by atoms with Gasteiger partial charge in [-0.3, -0.25) is 0 Å². The maximum atomic E-state index is 13.9. The lowest BCUT2D eigenvalue weighted by molar-refractivity contribution is 0.0600. The number of rotatable bonds is 6. The zero-order chi connectivity index (χ0) is 22.0. The molecule has 6 heteroatoms. The fraction of sp³-hybridized carbons (Fsp3) is 0.440. The van der Waals surface area contributed by atoms with Crippen molar-refractivity contribution in [3.05, 3.63) is 65.5 Å². The van der Waals surface area contributed by atoms with E-state index in [1.807, 2.05) is 18.3 Å². The first kappa shape index (κ1) is 21.5. The molecule has 0 radical (unpaired) electrons. The third-order valence-corrected chi connectivity index (χ3v) is 6.01. The number of aromatic nitrogens is 2. The second-order valence-electron chi connectivity index (χ2n) is 9.08. The number of piperidine rings is 1. The van der Waals surface area contributed by atoms with Crippen molar-refractivity contribution in [3.63, 3.8) is 0 Å². The molecule has 3 aromatic rings. The molecule has 164 valence electrons. The summed E-state index contributed by atoms with van der Waals surface area (Å²) in [4.78, 5) is 18.6. The van der Waals surface area contributed by atoms with Gasteiger partial charge in [0.2, 0.25) is 0 Å². The fourth-order valence-electron chi connectivity index (χ4n) is 4.46. The van der Waals surface area contributed by atoms with E-state index < -0.39 is 5.67 Å². The van der Waals surface area contributed by atoms with Gasteiger partial charge in [0.25, 0.3) is 0 Å². The van der Waals surface area contributed by atoms with Gasteiger partial charge in [-0.15, -0.1) is 0 Å². The Labute approximate surface area is 182 Å². The zero-order valence-corrected chi connectivity index (χ0v) is 18.5. The van der Waals surface area contributed by atoms with Crippen LogP contribution in [0.15, 0.2) is 48.8 Å². The maximum absolute atomic E-state index is 13.9. The number of alkyl halides is 1. The Morgan fingerprint density at radius 3 is 2.55 bits per heavy atom. The molecular formula is C25H30FN3O2. The van der Waals surface area contributed by atoms with Gasteiger partial charge in [0, 0.05) is 30.9 Å². The number of hydrogen-bond acceptors (Lipinski definition) is 4. The number of halogens is 1. The van der Waals surface area contributed by atoms with Crippen molar-refractivity contribution in [1.29, 1.82) is 0 Å². The number of likely N-dealkylation sites (tertiary alicyclic amines) is 1. The van der Waals surface area contributed by atoms with Gasteiger partial charge in [0.05, 0.1) is 12.7 Å². The highest BCUT2D eigenvalue weighted by molar-refractivity contribution is 5.89. The van der Waals surface area contributed by atoms with E-state index >= 15 is 0 Å². The molecule has 0 amide bonds. The number of hydrogen-bond donors (Lipinski definition) is 0. The number of carbonyl (C=O) groups is 1. The Morgan fingerprint density at radius 1 is 1.19 bits per heavy atom. The van der Waals surface area contributed by atoms with Crippen molar-refractivity contribution in [3.8, 4) is 0 Å². The van der Waals surface area contributed by atoms with Gasteiger partial charge in [-0.25, -0.2) is 14.2 Å². The molecule has 0 atom stereocenters. The van der Waals surface area contributed by atoms with Gasteiger partial charge >= 0.3 is 5.97 Å². The highest BCUT2D eigenvalue weighted by atomic mass is 19.1. The van der Waals surface area contributed by atoms with E-state index in [0.29, 0.717) is 24.6 Å². The molecule has 0 N–H and O–H groups in total. The quantitative estimate of drug-likeness (QED) is 0.535. The van der Waals surface area contributed by atoms with Crippen LogP contribution in [0, 0.1) is 0 Å². The first-order valence-electron chi connectivity index (χ1n) is 10.9. The minimum Gasteiger partial charge on any atom is -0.465 e. The van der Waals surface area contributed by atoms with Crippen LogP contribution in [0.3, 0.4) is 0 Å². The number of methoxy groups -OCH3 is 1. The van der Waals surface area contributed by atoms with Crippen LogP contribution in [0.2, 0.25) is 0 Å². The third kappa shape index (κ3) is 5.13. The molecule has 1 saturated heterocycles. The van der Waals surface area contributed by atoms with Crippen LogP contribution < -0.4 is 0 Å². The summed E-state index contributed by atoms with van der Waals surface area (Å²) in [6.07, 6.45) is 6.13. The Bertz CT molecular complexity index is 1040. The molecule has 3 heterocycles. The summed E-state index contributed by atoms with van der Waals surface area (Å²) in [5, 5.41) is 1.14. The number of ether oxygens (including phenoxy) is 1. The number of fused-ring (bicyclic) bond motifs is 1. The molecule has 1 aromatic carbocycles. The third-order valence-electron chi connectivity index (χ3n) is 6.01. The number of pyridine rings is 1. The number of esters is 1. The van der Waals surface area contributed by atoms with Gasteiger partial charge in [-0.1, -0.05) is 12.1 Å². The van der Waals surface area contributed by atoms with E-state index in [1.54, 1.807) is 26.0 Å². The largest absolute Gasteiger partial charge is 0.465 e. The zero-order valence-electron chi connectivity index (χ0n) is 18.5. The molecule has 0 unspecified atom stereocenters. The first-order valence-corrected chi connectivity index (χ1v) is 10.9. The van der Waals surface area contributed by atoms with E-state index in [4.69, 9.17) is 9.72 Å². The minimum atomic E-state index is -1.14. The average Bonchev–Trinajstić information content (AvgIpc) is 3.15.